The maximum Gasteiger partial charge on any atom is 0.232 e. The fourth-order valence-corrected chi connectivity index (χ4v) is 2.33. The summed E-state index contributed by atoms with van der Waals surface area (Å²) in [6.45, 7) is 1.90. The summed E-state index contributed by atoms with van der Waals surface area (Å²) < 4.78 is 13.7. The SMILES string of the molecule is CNC(CN1C(=O)CC(C)C1=O)c1ccccc1F. The van der Waals surface area contributed by atoms with Crippen molar-refractivity contribution in [2.75, 3.05) is 13.6 Å². The molecule has 5 heteroatoms. The summed E-state index contributed by atoms with van der Waals surface area (Å²) in [6.07, 6.45) is 0.243. The van der Waals surface area contributed by atoms with Gasteiger partial charge in [-0.2, -0.15) is 0 Å². The van der Waals surface area contributed by atoms with Gasteiger partial charge in [-0.25, -0.2) is 4.39 Å². The van der Waals surface area contributed by atoms with Crippen LogP contribution in [0.25, 0.3) is 0 Å². The number of hydrogen-bond acceptors (Lipinski definition) is 3. The third-order valence-corrected chi connectivity index (χ3v) is 3.46. The summed E-state index contributed by atoms with van der Waals surface area (Å²) in [5.41, 5.74) is 0.463. The highest BCUT2D eigenvalue weighted by atomic mass is 19.1. The summed E-state index contributed by atoms with van der Waals surface area (Å²) in [7, 11) is 1.69. The molecule has 2 atom stereocenters. The van der Waals surface area contributed by atoms with Crippen molar-refractivity contribution in [3.8, 4) is 0 Å². The van der Waals surface area contributed by atoms with E-state index in [0.29, 0.717) is 5.56 Å². The van der Waals surface area contributed by atoms with E-state index in [4.69, 9.17) is 0 Å². The van der Waals surface area contributed by atoms with E-state index in [0.717, 1.165) is 0 Å². The average molecular weight is 264 g/mol. The van der Waals surface area contributed by atoms with Crippen LogP contribution in [-0.4, -0.2) is 30.3 Å². The molecule has 1 aromatic carbocycles. The molecule has 0 aliphatic carbocycles. The van der Waals surface area contributed by atoms with Gasteiger partial charge in [0.2, 0.25) is 11.8 Å². The number of carbonyl (C=O) groups is 2. The van der Waals surface area contributed by atoms with Crippen molar-refractivity contribution in [1.29, 1.82) is 0 Å². The van der Waals surface area contributed by atoms with Gasteiger partial charge in [-0.1, -0.05) is 25.1 Å². The van der Waals surface area contributed by atoms with Gasteiger partial charge in [0.05, 0.1) is 6.04 Å². The number of nitrogens with zero attached hydrogens (tertiary/aromatic N) is 1. The van der Waals surface area contributed by atoms with Crippen LogP contribution in [0.5, 0.6) is 0 Å². The monoisotopic (exact) mass is 264 g/mol. The third kappa shape index (κ3) is 2.66. The van der Waals surface area contributed by atoms with E-state index in [1.807, 2.05) is 0 Å². The molecule has 0 aromatic heterocycles. The zero-order chi connectivity index (χ0) is 14.0. The topological polar surface area (TPSA) is 49.4 Å². The van der Waals surface area contributed by atoms with E-state index in [-0.39, 0.29) is 42.6 Å². The second-order valence-corrected chi connectivity index (χ2v) is 4.81. The summed E-state index contributed by atoms with van der Waals surface area (Å²) in [5.74, 6) is -0.977. The number of amides is 2. The van der Waals surface area contributed by atoms with Crippen molar-refractivity contribution in [2.45, 2.75) is 19.4 Å². The Morgan fingerprint density at radius 2 is 2.11 bits per heavy atom. The van der Waals surface area contributed by atoms with Gasteiger partial charge in [0.1, 0.15) is 5.82 Å². The lowest BCUT2D eigenvalue weighted by Gasteiger charge is -2.23. The summed E-state index contributed by atoms with van der Waals surface area (Å²) >= 11 is 0. The fourth-order valence-electron chi connectivity index (χ4n) is 2.33. The second-order valence-electron chi connectivity index (χ2n) is 4.81. The minimum absolute atomic E-state index is 0.166. The Kier molecular flexibility index (Phi) is 3.95. The lowest BCUT2D eigenvalue weighted by molar-refractivity contribution is -0.139. The van der Waals surface area contributed by atoms with E-state index < -0.39 is 0 Å². The van der Waals surface area contributed by atoms with Gasteiger partial charge in [0, 0.05) is 24.4 Å². The van der Waals surface area contributed by atoms with Crippen molar-refractivity contribution in [2.24, 2.45) is 5.92 Å². The van der Waals surface area contributed by atoms with Crippen LogP contribution in [0.15, 0.2) is 24.3 Å². The van der Waals surface area contributed by atoms with Gasteiger partial charge in [-0.15, -0.1) is 0 Å². The Morgan fingerprint density at radius 3 is 2.63 bits per heavy atom. The van der Waals surface area contributed by atoms with Gasteiger partial charge in [-0.3, -0.25) is 14.5 Å². The predicted octanol–water partition coefficient (Wildman–Crippen LogP) is 1.48. The van der Waals surface area contributed by atoms with Crippen LogP contribution in [0.2, 0.25) is 0 Å². The molecule has 2 unspecified atom stereocenters. The molecule has 1 N–H and O–H groups in total. The molecular weight excluding hydrogens is 247 g/mol. The first kappa shape index (κ1) is 13.7. The Balaban J connectivity index is 2.19. The highest BCUT2D eigenvalue weighted by molar-refractivity contribution is 6.03. The Hall–Kier alpha value is -1.75. The van der Waals surface area contributed by atoms with E-state index in [2.05, 4.69) is 5.32 Å². The molecule has 4 nitrogen and oxygen atoms in total. The number of carbonyl (C=O) groups excluding carboxylic acids is 2. The largest absolute Gasteiger partial charge is 0.311 e. The van der Waals surface area contributed by atoms with Crippen LogP contribution in [0.4, 0.5) is 4.39 Å². The van der Waals surface area contributed by atoms with Gasteiger partial charge < -0.3 is 5.32 Å². The first-order chi connectivity index (χ1) is 9.04. The van der Waals surface area contributed by atoms with Crippen LogP contribution in [0.3, 0.4) is 0 Å². The molecule has 19 heavy (non-hydrogen) atoms. The number of benzene rings is 1. The molecular formula is C14H17FN2O2. The second kappa shape index (κ2) is 5.48. The zero-order valence-corrected chi connectivity index (χ0v) is 11.0. The van der Waals surface area contributed by atoms with Gasteiger partial charge >= 0.3 is 0 Å². The normalized spacial score (nSPS) is 21.0. The maximum absolute atomic E-state index is 13.7. The highest BCUT2D eigenvalue weighted by Crippen LogP contribution is 2.23. The number of nitrogens with one attached hydrogen (secondary N) is 1. The summed E-state index contributed by atoms with van der Waals surface area (Å²) in [6, 6.07) is 5.99. The quantitative estimate of drug-likeness (QED) is 0.838. The van der Waals surface area contributed by atoms with Crippen molar-refractivity contribution < 1.29 is 14.0 Å². The Bertz CT molecular complexity index is 504. The fraction of sp³-hybridized carbons (Fsp3) is 0.429. The number of hydrogen-bond donors (Lipinski definition) is 1. The highest BCUT2D eigenvalue weighted by Gasteiger charge is 2.36. The molecule has 0 bridgehead atoms. The first-order valence-electron chi connectivity index (χ1n) is 6.30. The molecule has 1 saturated heterocycles. The molecule has 1 fully saturated rings. The van der Waals surface area contributed by atoms with Crippen LogP contribution >= 0.6 is 0 Å². The number of likely N-dealkylation sites (tertiary alicyclic amines) is 1. The van der Waals surface area contributed by atoms with Crippen molar-refractivity contribution in [3.63, 3.8) is 0 Å². The van der Waals surface area contributed by atoms with Crippen molar-refractivity contribution in [3.05, 3.63) is 35.6 Å². The van der Waals surface area contributed by atoms with Gasteiger partial charge in [0.25, 0.3) is 0 Å². The smallest absolute Gasteiger partial charge is 0.232 e. The van der Waals surface area contributed by atoms with Crippen LogP contribution in [0, 0.1) is 11.7 Å². The minimum atomic E-state index is -0.389. The molecule has 1 aromatic rings. The lowest BCUT2D eigenvalue weighted by atomic mass is 10.1. The van der Waals surface area contributed by atoms with Gasteiger partial charge in [-0.05, 0) is 13.1 Å². The van der Waals surface area contributed by atoms with E-state index >= 15 is 0 Å². The number of rotatable bonds is 4. The summed E-state index contributed by atoms with van der Waals surface area (Å²) in [4.78, 5) is 24.8. The van der Waals surface area contributed by atoms with E-state index in [1.165, 1.54) is 11.0 Å². The van der Waals surface area contributed by atoms with Crippen molar-refractivity contribution >= 4 is 11.8 Å². The minimum Gasteiger partial charge on any atom is -0.311 e. The van der Waals surface area contributed by atoms with Crippen LogP contribution < -0.4 is 5.32 Å². The van der Waals surface area contributed by atoms with Crippen LogP contribution in [-0.2, 0) is 9.59 Å². The summed E-state index contributed by atoms with van der Waals surface area (Å²) in [5, 5.41) is 2.96. The predicted molar refractivity (Wildman–Crippen MR) is 68.7 cm³/mol. The van der Waals surface area contributed by atoms with Crippen LogP contribution in [0.1, 0.15) is 24.9 Å². The Labute approximate surface area is 111 Å². The molecule has 0 radical (unpaired) electrons. The third-order valence-electron chi connectivity index (χ3n) is 3.46. The van der Waals surface area contributed by atoms with E-state index in [1.54, 1.807) is 32.2 Å². The molecule has 1 heterocycles. The Morgan fingerprint density at radius 1 is 1.42 bits per heavy atom. The molecule has 2 rings (SSSR count). The zero-order valence-electron chi connectivity index (χ0n) is 11.0. The molecule has 1 aliphatic heterocycles. The maximum atomic E-state index is 13.7. The molecule has 0 saturated carbocycles. The lowest BCUT2D eigenvalue weighted by Crippen LogP contribution is -2.38. The molecule has 1 aliphatic rings. The molecule has 0 spiro atoms. The first-order valence-corrected chi connectivity index (χ1v) is 6.30. The number of likely N-dealkylation sites (N-methyl/N-ethyl adjacent to an activating group) is 1. The average Bonchev–Trinajstić information content (AvgIpc) is 2.63. The standard InChI is InChI=1S/C14H17FN2O2/c1-9-7-13(18)17(14(9)19)8-12(16-2)10-5-3-4-6-11(10)15/h3-6,9,12,16H,7-8H2,1-2H3. The van der Waals surface area contributed by atoms with Crippen molar-refractivity contribution in [1.82, 2.24) is 10.2 Å². The number of halogens is 1. The van der Waals surface area contributed by atoms with Gasteiger partial charge in [0.15, 0.2) is 0 Å². The number of imide groups is 1. The van der Waals surface area contributed by atoms with E-state index in [9.17, 15) is 14.0 Å². The molecule has 102 valence electrons. The molecule has 2 amide bonds.